The summed E-state index contributed by atoms with van der Waals surface area (Å²) < 4.78 is 22.3. The number of hydrogen-bond donors (Lipinski definition) is 0. The molecule has 0 saturated carbocycles. The summed E-state index contributed by atoms with van der Waals surface area (Å²) in [7, 11) is 1.23. The number of ether oxygens (including phenoxy) is 2. The van der Waals surface area contributed by atoms with Crippen LogP contribution in [-0.4, -0.2) is 30.1 Å². The van der Waals surface area contributed by atoms with Crippen molar-refractivity contribution in [3.8, 4) is 0 Å². The summed E-state index contributed by atoms with van der Waals surface area (Å²) in [5.74, 6) is -2.05. The van der Waals surface area contributed by atoms with Crippen LogP contribution >= 0.6 is 27.5 Å². The van der Waals surface area contributed by atoms with E-state index in [2.05, 4.69) is 25.7 Å². The zero-order valence-corrected chi connectivity index (χ0v) is 12.4. The van der Waals surface area contributed by atoms with Gasteiger partial charge < -0.3 is 9.47 Å². The van der Waals surface area contributed by atoms with Crippen molar-refractivity contribution in [3.05, 3.63) is 27.2 Å². The number of methoxy groups -OCH3 is 1. The van der Waals surface area contributed by atoms with Crippen LogP contribution in [0.2, 0.25) is 5.02 Å². The van der Waals surface area contributed by atoms with Gasteiger partial charge in [0.05, 0.1) is 18.6 Å². The molecule has 0 aliphatic rings. The Labute approximate surface area is 122 Å². The van der Waals surface area contributed by atoms with Gasteiger partial charge >= 0.3 is 11.9 Å². The molecule has 0 fully saturated rings. The summed E-state index contributed by atoms with van der Waals surface area (Å²) in [6.07, 6.45) is -0.802. The monoisotopic (exact) mass is 353 g/mol. The Kier molecular flexibility index (Phi) is 5.68. The third kappa shape index (κ3) is 4.43. The summed E-state index contributed by atoms with van der Waals surface area (Å²) >= 11 is 8.54. The summed E-state index contributed by atoms with van der Waals surface area (Å²) in [6, 6.07) is 0.945. The average molecular weight is 355 g/mol. The van der Waals surface area contributed by atoms with E-state index in [0.29, 0.717) is 0 Å². The van der Waals surface area contributed by atoms with Crippen LogP contribution in [0.15, 0.2) is 10.7 Å². The first kappa shape index (κ1) is 15.8. The molecule has 1 rings (SSSR count). The lowest BCUT2D eigenvalue weighted by atomic mass is 10.3. The number of esters is 2. The SMILES string of the molecule is COC(=O)C[C@H](C)OC(=O)c1nc(Br)c(F)cc1Cl. The number of halogens is 3. The van der Waals surface area contributed by atoms with E-state index in [9.17, 15) is 14.0 Å². The standard InChI is InChI=1S/C11H10BrClFNO4/c1-5(3-8(16)18-2)19-11(17)9-6(13)4-7(14)10(12)15-9/h4-5H,3H2,1-2H3/t5-/m0/s1. The Bertz CT molecular complexity index is 512. The molecule has 0 aliphatic heterocycles. The van der Waals surface area contributed by atoms with E-state index in [1.807, 2.05) is 0 Å². The van der Waals surface area contributed by atoms with Gasteiger partial charge in [-0.1, -0.05) is 11.6 Å². The average Bonchev–Trinajstić information content (AvgIpc) is 2.33. The summed E-state index contributed by atoms with van der Waals surface area (Å²) in [5.41, 5.74) is -0.230. The lowest BCUT2D eigenvalue weighted by Gasteiger charge is -2.12. The van der Waals surface area contributed by atoms with Crippen LogP contribution in [0.3, 0.4) is 0 Å². The molecular formula is C11H10BrClFNO4. The highest BCUT2D eigenvalue weighted by Crippen LogP contribution is 2.22. The molecule has 0 N–H and O–H groups in total. The molecule has 0 unspecified atom stereocenters. The molecule has 0 amide bonds. The fourth-order valence-corrected chi connectivity index (χ4v) is 1.69. The van der Waals surface area contributed by atoms with Gasteiger partial charge in [0.1, 0.15) is 10.7 Å². The topological polar surface area (TPSA) is 65.5 Å². The van der Waals surface area contributed by atoms with Crippen molar-refractivity contribution in [2.75, 3.05) is 7.11 Å². The highest BCUT2D eigenvalue weighted by molar-refractivity contribution is 9.10. The van der Waals surface area contributed by atoms with Crippen LogP contribution in [0.5, 0.6) is 0 Å². The van der Waals surface area contributed by atoms with Crippen molar-refractivity contribution in [1.29, 1.82) is 0 Å². The second-order valence-corrected chi connectivity index (χ2v) is 4.75. The van der Waals surface area contributed by atoms with Crippen LogP contribution in [0.1, 0.15) is 23.8 Å². The number of carbonyl (C=O) groups excluding carboxylic acids is 2. The van der Waals surface area contributed by atoms with Crippen LogP contribution in [0.4, 0.5) is 4.39 Å². The zero-order chi connectivity index (χ0) is 14.6. The van der Waals surface area contributed by atoms with E-state index in [4.69, 9.17) is 16.3 Å². The van der Waals surface area contributed by atoms with E-state index >= 15 is 0 Å². The van der Waals surface area contributed by atoms with Crippen molar-refractivity contribution >= 4 is 39.5 Å². The van der Waals surface area contributed by atoms with E-state index in [1.165, 1.54) is 14.0 Å². The van der Waals surface area contributed by atoms with Gasteiger partial charge in [0.25, 0.3) is 0 Å². The van der Waals surface area contributed by atoms with Crippen molar-refractivity contribution in [2.24, 2.45) is 0 Å². The van der Waals surface area contributed by atoms with E-state index in [1.54, 1.807) is 0 Å². The molecule has 0 radical (unpaired) electrons. The number of nitrogens with zero attached hydrogens (tertiary/aromatic N) is 1. The van der Waals surface area contributed by atoms with Crippen molar-refractivity contribution < 1.29 is 23.5 Å². The fourth-order valence-electron chi connectivity index (χ4n) is 1.19. The Morgan fingerprint density at radius 3 is 2.79 bits per heavy atom. The maximum absolute atomic E-state index is 13.1. The van der Waals surface area contributed by atoms with E-state index < -0.39 is 23.9 Å². The fraction of sp³-hybridized carbons (Fsp3) is 0.364. The molecular weight excluding hydrogens is 344 g/mol. The third-order valence-corrected chi connectivity index (χ3v) is 2.91. The number of aromatic nitrogens is 1. The first-order valence-electron chi connectivity index (χ1n) is 5.14. The Balaban J connectivity index is 2.78. The summed E-state index contributed by atoms with van der Waals surface area (Å²) in [6.45, 7) is 1.52. The lowest BCUT2D eigenvalue weighted by Crippen LogP contribution is -2.20. The highest BCUT2D eigenvalue weighted by Gasteiger charge is 2.20. The molecule has 0 bridgehead atoms. The molecule has 0 aromatic carbocycles. The molecule has 104 valence electrons. The van der Waals surface area contributed by atoms with Crippen molar-refractivity contribution in [2.45, 2.75) is 19.4 Å². The minimum Gasteiger partial charge on any atom is -0.469 e. The van der Waals surface area contributed by atoms with Crippen LogP contribution in [0.25, 0.3) is 0 Å². The van der Waals surface area contributed by atoms with E-state index in [0.717, 1.165) is 6.07 Å². The van der Waals surface area contributed by atoms with Gasteiger partial charge in [-0.25, -0.2) is 14.2 Å². The Hall–Kier alpha value is -1.21. The van der Waals surface area contributed by atoms with Crippen LogP contribution < -0.4 is 0 Å². The molecule has 1 aromatic rings. The summed E-state index contributed by atoms with van der Waals surface area (Å²) in [4.78, 5) is 26.4. The number of carbonyl (C=O) groups is 2. The Morgan fingerprint density at radius 1 is 1.58 bits per heavy atom. The molecule has 0 spiro atoms. The first-order chi connectivity index (χ1) is 8.85. The molecule has 8 heteroatoms. The molecule has 0 saturated heterocycles. The highest BCUT2D eigenvalue weighted by atomic mass is 79.9. The predicted molar refractivity (Wildman–Crippen MR) is 68.4 cm³/mol. The van der Waals surface area contributed by atoms with Gasteiger partial charge in [-0.3, -0.25) is 4.79 Å². The van der Waals surface area contributed by atoms with Gasteiger partial charge in [0.15, 0.2) is 11.5 Å². The first-order valence-corrected chi connectivity index (χ1v) is 6.31. The molecule has 0 aliphatic carbocycles. The molecule has 19 heavy (non-hydrogen) atoms. The number of rotatable bonds is 4. The Morgan fingerprint density at radius 2 is 2.21 bits per heavy atom. The zero-order valence-electron chi connectivity index (χ0n) is 10.1. The minimum atomic E-state index is -0.845. The third-order valence-electron chi connectivity index (χ3n) is 2.07. The van der Waals surface area contributed by atoms with E-state index in [-0.39, 0.29) is 21.7 Å². The quantitative estimate of drug-likeness (QED) is 0.614. The molecule has 5 nitrogen and oxygen atoms in total. The van der Waals surface area contributed by atoms with Gasteiger partial charge in [-0.2, -0.15) is 0 Å². The second-order valence-electron chi connectivity index (χ2n) is 3.59. The second kappa shape index (κ2) is 6.81. The number of pyridine rings is 1. The predicted octanol–water partition coefficient (Wildman–Crippen LogP) is 2.75. The van der Waals surface area contributed by atoms with Gasteiger partial charge in [0.2, 0.25) is 0 Å². The van der Waals surface area contributed by atoms with Crippen molar-refractivity contribution in [1.82, 2.24) is 4.98 Å². The largest absolute Gasteiger partial charge is 0.469 e. The normalized spacial score (nSPS) is 11.8. The molecule has 1 heterocycles. The van der Waals surface area contributed by atoms with Crippen LogP contribution in [-0.2, 0) is 14.3 Å². The summed E-state index contributed by atoms with van der Waals surface area (Å²) in [5, 5.41) is -0.170. The molecule has 1 aromatic heterocycles. The van der Waals surface area contributed by atoms with Gasteiger partial charge in [-0.05, 0) is 28.9 Å². The lowest BCUT2D eigenvalue weighted by molar-refractivity contribution is -0.142. The number of hydrogen-bond acceptors (Lipinski definition) is 5. The van der Waals surface area contributed by atoms with Gasteiger partial charge in [0, 0.05) is 0 Å². The maximum Gasteiger partial charge on any atom is 0.358 e. The smallest absolute Gasteiger partial charge is 0.358 e. The maximum atomic E-state index is 13.1. The minimum absolute atomic E-state index is 0.0950. The van der Waals surface area contributed by atoms with Gasteiger partial charge in [-0.15, -0.1) is 0 Å². The van der Waals surface area contributed by atoms with Crippen LogP contribution in [0, 0.1) is 5.82 Å². The molecule has 1 atom stereocenters. The van der Waals surface area contributed by atoms with Crippen molar-refractivity contribution in [3.63, 3.8) is 0 Å².